The van der Waals surface area contributed by atoms with Crippen molar-refractivity contribution in [2.45, 2.75) is 33.4 Å². The Bertz CT molecular complexity index is 733. The minimum Gasteiger partial charge on any atom is -0.433 e. The average Bonchev–Trinajstić information content (AvgIpc) is 2.81. The number of halogens is 2. The van der Waals surface area contributed by atoms with E-state index in [-0.39, 0.29) is 11.8 Å². The van der Waals surface area contributed by atoms with Crippen molar-refractivity contribution in [3.8, 4) is 5.75 Å². The second kappa shape index (κ2) is 7.57. The van der Waals surface area contributed by atoms with E-state index in [4.69, 9.17) is 12.2 Å². The Kier molecular flexibility index (Phi) is 5.71. The van der Waals surface area contributed by atoms with Gasteiger partial charge in [0.05, 0.1) is 17.9 Å². The number of benzene rings is 1. The smallest absolute Gasteiger partial charge is 0.387 e. The Morgan fingerprint density at radius 2 is 2.04 bits per heavy atom. The topological polar surface area (TPSA) is 51.1 Å². The molecule has 1 aromatic carbocycles. The van der Waals surface area contributed by atoms with Crippen molar-refractivity contribution < 1.29 is 13.5 Å². The SMILES string of the molecule is Cc1ccc(NC(=S)NC(C)c2cnn(C)c2C)c(OC(F)F)c1. The summed E-state index contributed by atoms with van der Waals surface area (Å²) in [5.41, 5.74) is 3.23. The molecule has 1 aromatic heterocycles. The molecule has 2 N–H and O–H groups in total. The third-order valence-electron chi connectivity index (χ3n) is 3.69. The van der Waals surface area contributed by atoms with Gasteiger partial charge in [0.2, 0.25) is 0 Å². The van der Waals surface area contributed by atoms with Gasteiger partial charge in [-0.1, -0.05) is 6.07 Å². The number of alkyl halides is 2. The molecule has 2 aromatic rings. The second-order valence-corrected chi connectivity index (χ2v) is 5.92. The maximum atomic E-state index is 12.5. The van der Waals surface area contributed by atoms with E-state index >= 15 is 0 Å². The van der Waals surface area contributed by atoms with Crippen molar-refractivity contribution in [1.29, 1.82) is 0 Å². The molecule has 2 rings (SSSR count). The summed E-state index contributed by atoms with van der Waals surface area (Å²) < 4.78 is 31.4. The lowest BCUT2D eigenvalue weighted by atomic mass is 10.1. The third-order valence-corrected chi connectivity index (χ3v) is 3.91. The zero-order valence-corrected chi connectivity index (χ0v) is 14.7. The molecule has 24 heavy (non-hydrogen) atoms. The molecule has 8 heteroatoms. The zero-order valence-electron chi connectivity index (χ0n) is 13.9. The summed E-state index contributed by atoms with van der Waals surface area (Å²) in [6.45, 7) is 2.81. The lowest BCUT2D eigenvalue weighted by Gasteiger charge is -2.18. The van der Waals surface area contributed by atoms with E-state index < -0.39 is 6.61 Å². The molecule has 0 saturated heterocycles. The van der Waals surface area contributed by atoms with Crippen LogP contribution in [0.3, 0.4) is 0 Å². The second-order valence-electron chi connectivity index (χ2n) is 5.51. The first kappa shape index (κ1) is 18.1. The largest absolute Gasteiger partial charge is 0.433 e. The molecule has 0 radical (unpaired) electrons. The summed E-state index contributed by atoms with van der Waals surface area (Å²) in [5, 5.41) is 10.5. The summed E-state index contributed by atoms with van der Waals surface area (Å²) in [7, 11) is 1.86. The quantitative estimate of drug-likeness (QED) is 0.802. The number of rotatable bonds is 5. The van der Waals surface area contributed by atoms with Gasteiger partial charge in [-0.2, -0.15) is 13.9 Å². The van der Waals surface area contributed by atoms with Gasteiger partial charge in [0.15, 0.2) is 5.11 Å². The van der Waals surface area contributed by atoms with Crippen LogP contribution in [0.4, 0.5) is 14.5 Å². The number of anilines is 1. The Morgan fingerprint density at radius 3 is 2.62 bits per heavy atom. The monoisotopic (exact) mass is 354 g/mol. The van der Waals surface area contributed by atoms with Crippen LogP contribution < -0.4 is 15.4 Å². The zero-order chi connectivity index (χ0) is 17.9. The predicted molar refractivity (Wildman–Crippen MR) is 93.5 cm³/mol. The molecule has 1 atom stereocenters. The first-order valence-corrected chi connectivity index (χ1v) is 7.80. The van der Waals surface area contributed by atoms with E-state index in [0.29, 0.717) is 10.8 Å². The van der Waals surface area contributed by atoms with Gasteiger partial charge >= 0.3 is 6.61 Å². The standard InChI is InChI=1S/C16H20F2N4OS/c1-9-5-6-13(14(7-9)23-15(17)18)21-16(24)20-10(2)12-8-19-22(4)11(12)3/h5-8,10,15H,1-4H3,(H2,20,21,24). The summed E-state index contributed by atoms with van der Waals surface area (Å²) in [4.78, 5) is 0. The van der Waals surface area contributed by atoms with Crippen molar-refractivity contribution in [2.24, 2.45) is 7.05 Å². The lowest BCUT2D eigenvalue weighted by molar-refractivity contribution is -0.0493. The third kappa shape index (κ3) is 4.41. The van der Waals surface area contributed by atoms with Gasteiger partial charge in [-0.3, -0.25) is 4.68 Å². The van der Waals surface area contributed by atoms with Crippen molar-refractivity contribution in [1.82, 2.24) is 15.1 Å². The van der Waals surface area contributed by atoms with Crippen LogP contribution in [-0.4, -0.2) is 21.5 Å². The number of aryl methyl sites for hydroxylation is 2. The molecule has 0 bridgehead atoms. The fourth-order valence-corrected chi connectivity index (χ4v) is 2.59. The fraction of sp³-hybridized carbons (Fsp3) is 0.375. The maximum Gasteiger partial charge on any atom is 0.387 e. The summed E-state index contributed by atoms with van der Waals surface area (Å²) in [5.74, 6) is 0.0550. The molecule has 0 fully saturated rings. The van der Waals surface area contributed by atoms with Crippen LogP contribution in [0.5, 0.6) is 5.75 Å². The van der Waals surface area contributed by atoms with E-state index in [0.717, 1.165) is 16.8 Å². The van der Waals surface area contributed by atoms with Crippen LogP contribution >= 0.6 is 12.2 Å². The number of hydrogen-bond donors (Lipinski definition) is 2. The number of hydrogen-bond acceptors (Lipinski definition) is 3. The van der Waals surface area contributed by atoms with Crippen molar-refractivity contribution >= 4 is 23.0 Å². The van der Waals surface area contributed by atoms with Gasteiger partial charge in [-0.15, -0.1) is 0 Å². The van der Waals surface area contributed by atoms with Crippen LogP contribution in [0, 0.1) is 13.8 Å². The van der Waals surface area contributed by atoms with E-state index in [1.54, 1.807) is 29.9 Å². The van der Waals surface area contributed by atoms with E-state index in [9.17, 15) is 8.78 Å². The molecule has 0 aliphatic heterocycles. The Balaban J connectivity index is 2.08. The molecule has 5 nitrogen and oxygen atoms in total. The summed E-state index contributed by atoms with van der Waals surface area (Å²) in [6.07, 6.45) is 1.77. The van der Waals surface area contributed by atoms with Crippen molar-refractivity contribution in [3.05, 3.63) is 41.2 Å². The Hall–Kier alpha value is -2.22. The van der Waals surface area contributed by atoms with E-state index in [2.05, 4.69) is 20.5 Å². The average molecular weight is 354 g/mol. The highest BCUT2D eigenvalue weighted by atomic mass is 32.1. The van der Waals surface area contributed by atoms with Gasteiger partial charge in [0, 0.05) is 18.3 Å². The highest BCUT2D eigenvalue weighted by Crippen LogP contribution is 2.27. The van der Waals surface area contributed by atoms with Crippen LogP contribution in [0.2, 0.25) is 0 Å². The molecule has 0 amide bonds. The normalized spacial score (nSPS) is 12.1. The first-order valence-electron chi connectivity index (χ1n) is 7.39. The summed E-state index contributed by atoms with van der Waals surface area (Å²) >= 11 is 5.28. The molecule has 0 spiro atoms. The maximum absolute atomic E-state index is 12.5. The number of nitrogens with zero attached hydrogens (tertiary/aromatic N) is 2. The molecular weight excluding hydrogens is 334 g/mol. The van der Waals surface area contributed by atoms with Crippen LogP contribution in [-0.2, 0) is 7.05 Å². The number of aromatic nitrogens is 2. The summed E-state index contributed by atoms with van der Waals surface area (Å²) in [6, 6.07) is 4.90. The Labute approximate surface area is 145 Å². The number of ether oxygens (including phenoxy) is 1. The fourth-order valence-electron chi connectivity index (χ4n) is 2.30. The van der Waals surface area contributed by atoms with Crippen LogP contribution in [0.1, 0.15) is 29.8 Å². The predicted octanol–water partition coefficient (Wildman–Crippen LogP) is 3.69. The van der Waals surface area contributed by atoms with Crippen molar-refractivity contribution in [2.75, 3.05) is 5.32 Å². The highest BCUT2D eigenvalue weighted by molar-refractivity contribution is 7.80. The number of nitrogens with one attached hydrogen (secondary N) is 2. The van der Waals surface area contributed by atoms with Gasteiger partial charge in [0.1, 0.15) is 5.75 Å². The highest BCUT2D eigenvalue weighted by Gasteiger charge is 2.15. The van der Waals surface area contributed by atoms with Gasteiger partial charge in [-0.25, -0.2) is 0 Å². The number of thiocarbonyl (C=S) groups is 1. The van der Waals surface area contributed by atoms with Gasteiger partial charge in [0.25, 0.3) is 0 Å². The molecule has 1 heterocycles. The van der Waals surface area contributed by atoms with Gasteiger partial charge in [-0.05, 0) is 50.7 Å². The Morgan fingerprint density at radius 1 is 1.33 bits per heavy atom. The molecule has 0 aliphatic rings. The van der Waals surface area contributed by atoms with Crippen LogP contribution in [0.25, 0.3) is 0 Å². The lowest BCUT2D eigenvalue weighted by Crippen LogP contribution is -2.31. The first-order chi connectivity index (χ1) is 11.3. The van der Waals surface area contributed by atoms with E-state index in [1.807, 2.05) is 20.9 Å². The molecule has 0 aliphatic carbocycles. The molecular formula is C16H20F2N4OS. The minimum atomic E-state index is -2.90. The van der Waals surface area contributed by atoms with Gasteiger partial charge < -0.3 is 15.4 Å². The van der Waals surface area contributed by atoms with Crippen molar-refractivity contribution in [3.63, 3.8) is 0 Å². The molecule has 1 unspecified atom stereocenters. The molecule has 0 saturated carbocycles. The minimum absolute atomic E-state index is 0.0550. The van der Waals surface area contributed by atoms with E-state index in [1.165, 1.54) is 6.07 Å². The van der Waals surface area contributed by atoms with Crippen LogP contribution in [0.15, 0.2) is 24.4 Å². The molecule has 130 valence electrons.